The van der Waals surface area contributed by atoms with Crippen LogP contribution in [-0.4, -0.2) is 52.7 Å². The van der Waals surface area contributed by atoms with Crippen LogP contribution in [0.15, 0.2) is 48.9 Å². The number of carbonyl (C=O) groups is 1. The average molecular weight is 353 g/mol. The molecule has 1 amide bonds. The van der Waals surface area contributed by atoms with E-state index in [9.17, 15) is 4.79 Å². The molecule has 0 unspecified atom stereocenters. The van der Waals surface area contributed by atoms with Crippen molar-refractivity contribution in [3.05, 3.63) is 54.5 Å². The number of ether oxygens (including phenoxy) is 2. The second-order valence-electron chi connectivity index (χ2n) is 7.09. The Hall–Kier alpha value is -2.47. The minimum absolute atomic E-state index is 0.0576. The van der Waals surface area contributed by atoms with Crippen molar-refractivity contribution >= 4 is 5.91 Å². The zero-order valence-electron chi connectivity index (χ0n) is 14.7. The predicted molar refractivity (Wildman–Crippen MR) is 95.9 cm³/mol. The van der Waals surface area contributed by atoms with Crippen LogP contribution < -0.4 is 4.74 Å². The lowest BCUT2D eigenvalue weighted by Crippen LogP contribution is -2.66. The highest BCUT2D eigenvalue weighted by Crippen LogP contribution is 2.38. The molecule has 2 fully saturated rings. The van der Waals surface area contributed by atoms with Crippen LogP contribution in [0.1, 0.15) is 29.6 Å². The summed E-state index contributed by atoms with van der Waals surface area (Å²) in [6, 6.07) is 9.19. The molecule has 2 aromatic rings. The second kappa shape index (κ2) is 7.41. The molecule has 0 aromatic carbocycles. The first-order valence-corrected chi connectivity index (χ1v) is 9.11. The van der Waals surface area contributed by atoms with E-state index in [0.29, 0.717) is 37.1 Å². The first kappa shape index (κ1) is 17.0. The molecule has 0 saturated carbocycles. The van der Waals surface area contributed by atoms with E-state index in [4.69, 9.17) is 9.47 Å². The maximum Gasteiger partial charge on any atom is 0.254 e. The number of rotatable bonds is 5. The average Bonchev–Trinajstić information content (AvgIpc) is 2.67. The molecule has 6 nitrogen and oxygen atoms in total. The van der Waals surface area contributed by atoms with Gasteiger partial charge in [0, 0.05) is 36.8 Å². The Balaban J connectivity index is 1.26. The van der Waals surface area contributed by atoms with Crippen LogP contribution in [-0.2, 0) is 4.74 Å². The van der Waals surface area contributed by atoms with Gasteiger partial charge >= 0.3 is 0 Å². The lowest BCUT2D eigenvalue weighted by atomic mass is 9.79. The van der Waals surface area contributed by atoms with E-state index >= 15 is 0 Å². The molecule has 2 saturated heterocycles. The number of aromatic nitrogens is 2. The Morgan fingerprint density at radius 2 is 2.08 bits per heavy atom. The summed E-state index contributed by atoms with van der Waals surface area (Å²) in [6.45, 7) is 2.76. The summed E-state index contributed by atoms with van der Waals surface area (Å²) in [6.07, 6.45) is 8.06. The summed E-state index contributed by atoms with van der Waals surface area (Å²) in [5.41, 5.74) is 0.516. The maximum absolute atomic E-state index is 12.5. The van der Waals surface area contributed by atoms with Gasteiger partial charge in [0.1, 0.15) is 5.60 Å². The van der Waals surface area contributed by atoms with Crippen molar-refractivity contribution in [2.24, 2.45) is 5.92 Å². The number of likely N-dealkylation sites (tertiary alicyclic amines) is 1. The molecule has 0 bridgehead atoms. The van der Waals surface area contributed by atoms with Gasteiger partial charge in [-0.1, -0.05) is 6.07 Å². The summed E-state index contributed by atoms with van der Waals surface area (Å²) >= 11 is 0. The first-order valence-electron chi connectivity index (χ1n) is 9.11. The largest absolute Gasteiger partial charge is 0.478 e. The van der Waals surface area contributed by atoms with Gasteiger partial charge < -0.3 is 14.4 Å². The van der Waals surface area contributed by atoms with E-state index in [1.54, 1.807) is 30.7 Å². The van der Waals surface area contributed by atoms with Crippen LogP contribution in [0.4, 0.5) is 0 Å². The van der Waals surface area contributed by atoms with Crippen molar-refractivity contribution in [1.29, 1.82) is 0 Å². The Labute approximate surface area is 153 Å². The Morgan fingerprint density at radius 3 is 2.85 bits per heavy atom. The zero-order chi connectivity index (χ0) is 17.8. The standard InChI is InChI=1S/C20H23N3O3/c24-19(17-4-9-21-10-5-17)23-14-20(15-23)13-16(7-12-26-20)6-11-25-18-3-1-2-8-22-18/h1-5,8-10,16H,6-7,11-15H2/t16-/m0/s1. The Bertz CT molecular complexity index is 732. The van der Waals surface area contributed by atoms with Gasteiger partial charge in [-0.05, 0) is 43.4 Å². The second-order valence-corrected chi connectivity index (χ2v) is 7.09. The lowest BCUT2D eigenvalue weighted by Gasteiger charge is -2.53. The van der Waals surface area contributed by atoms with Crippen LogP contribution in [0.3, 0.4) is 0 Å². The summed E-state index contributed by atoms with van der Waals surface area (Å²) in [5, 5.41) is 0. The molecule has 0 N–H and O–H groups in total. The summed E-state index contributed by atoms with van der Waals surface area (Å²) in [7, 11) is 0. The van der Waals surface area contributed by atoms with E-state index in [2.05, 4.69) is 9.97 Å². The number of nitrogens with zero attached hydrogens (tertiary/aromatic N) is 3. The number of hydrogen-bond donors (Lipinski definition) is 0. The maximum atomic E-state index is 12.5. The highest BCUT2D eigenvalue weighted by Gasteiger charge is 2.49. The molecule has 4 rings (SSSR count). The minimum Gasteiger partial charge on any atom is -0.478 e. The predicted octanol–water partition coefficient (Wildman–Crippen LogP) is 2.57. The molecule has 1 spiro atoms. The monoisotopic (exact) mass is 353 g/mol. The normalized spacial score (nSPS) is 21.2. The molecule has 2 aliphatic heterocycles. The fourth-order valence-corrected chi connectivity index (χ4v) is 3.83. The minimum atomic E-state index is -0.170. The Kier molecular flexibility index (Phi) is 4.84. The number of pyridine rings is 2. The summed E-state index contributed by atoms with van der Waals surface area (Å²) in [5.74, 6) is 1.29. The van der Waals surface area contributed by atoms with Gasteiger partial charge in [0.2, 0.25) is 5.88 Å². The number of carbonyl (C=O) groups excluding carboxylic acids is 1. The van der Waals surface area contributed by atoms with Crippen LogP contribution in [0, 0.1) is 5.92 Å². The fourth-order valence-electron chi connectivity index (χ4n) is 3.83. The third-order valence-electron chi connectivity index (χ3n) is 5.18. The smallest absolute Gasteiger partial charge is 0.254 e. The van der Waals surface area contributed by atoms with E-state index in [-0.39, 0.29) is 11.5 Å². The summed E-state index contributed by atoms with van der Waals surface area (Å²) in [4.78, 5) is 22.5. The lowest BCUT2D eigenvalue weighted by molar-refractivity contribution is -0.166. The van der Waals surface area contributed by atoms with Crippen molar-refractivity contribution in [2.45, 2.75) is 24.9 Å². The van der Waals surface area contributed by atoms with Crippen LogP contribution >= 0.6 is 0 Å². The van der Waals surface area contributed by atoms with Crippen molar-refractivity contribution in [1.82, 2.24) is 14.9 Å². The molecular weight excluding hydrogens is 330 g/mol. The van der Waals surface area contributed by atoms with Crippen LogP contribution in [0.25, 0.3) is 0 Å². The van der Waals surface area contributed by atoms with Gasteiger partial charge in [-0.25, -0.2) is 4.98 Å². The van der Waals surface area contributed by atoms with Crippen LogP contribution in [0.2, 0.25) is 0 Å². The third kappa shape index (κ3) is 3.70. The molecule has 26 heavy (non-hydrogen) atoms. The van der Waals surface area contributed by atoms with Crippen molar-refractivity contribution < 1.29 is 14.3 Å². The van der Waals surface area contributed by atoms with Crippen molar-refractivity contribution in [3.63, 3.8) is 0 Å². The molecule has 4 heterocycles. The molecule has 6 heteroatoms. The third-order valence-corrected chi connectivity index (χ3v) is 5.18. The van der Waals surface area contributed by atoms with Crippen LogP contribution in [0.5, 0.6) is 5.88 Å². The quantitative estimate of drug-likeness (QED) is 0.827. The molecule has 0 radical (unpaired) electrons. The van der Waals surface area contributed by atoms with Gasteiger partial charge in [-0.3, -0.25) is 9.78 Å². The SMILES string of the molecule is O=C(c1ccncc1)N1CC2(C[C@@H](CCOc3ccccn3)CCO2)C1. The van der Waals surface area contributed by atoms with Gasteiger partial charge in [0.15, 0.2) is 0 Å². The fraction of sp³-hybridized carbons (Fsp3) is 0.450. The Morgan fingerprint density at radius 1 is 1.23 bits per heavy atom. The molecule has 1 atom stereocenters. The van der Waals surface area contributed by atoms with Gasteiger partial charge in [-0.15, -0.1) is 0 Å². The van der Waals surface area contributed by atoms with Gasteiger partial charge in [0.25, 0.3) is 5.91 Å². The molecule has 0 aliphatic carbocycles. The highest BCUT2D eigenvalue weighted by molar-refractivity contribution is 5.94. The molecule has 2 aliphatic rings. The molecule has 136 valence electrons. The van der Waals surface area contributed by atoms with Gasteiger partial charge in [0.05, 0.1) is 19.7 Å². The van der Waals surface area contributed by atoms with Crippen molar-refractivity contribution in [3.8, 4) is 5.88 Å². The van der Waals surface area contributed by atoms with E-state index < -0.39 is 0 Å². The first-order chi connectivity index (χ1) is 12.7. The number of amides is 1. The zero-order valence-corrected chi connectivity index (χ0v) is 14.7. The van der Waals surface area contributed by atoms with E-state index in [0.717, 1.165) is 25.9 Å². The van der Waals surface area contributed by atoms with Crippen molar-refractivity contribution in [2.75, 3.05) is 26.3 Å². The van der Waals surface area contributed by atoms with E-state index in [1.165, 1.54) is 0 Å². The summed E-state index contributed by atoms with van der Waals surface area (Å²) < 4.78 is 11.8. The van der Waals surface area contributed by atoms with E-state index in [1.807, 2.05) is 23.1 Å². The van der Waals surface area contributed by atoms with Gasteiger partial charge in [-0.2, -0.15) is 0 Å². The topological polar surface area (TPSA) is 64.6 Å². The molecular formula is C20H23N3O3. The number of hydrogen-bond acceptors (Lipinski definition) is 5. The molecule has 2 aromatic heterocycles. The highest BCUT2D eigenvalue weighted by atomic mass is 16.5.